The first-order chi connectivity index (χ1) is 11.3. The van der Waals surface area contributed by atoms with Gasteiger partial charge >= 0.3 is 5.69 Å². The Morgan fingerprint density at radius 1 is 1.33 bits per heavy atom. The number of ketones is 1. The Morgan fingerprint density at radius 2 is 1.96 bits per heavy atom. The highest BCUT2D eigenvalue weighted by atomic mass is 16.2. The molecule has 8 heteroatoms. The first-order valence-electron chi connectivity index (χ1n) is 8.47. The van der Waals surface area contributed by atoms with E-state index >= 15 is 0 Å². The summed E-state index contributed by atoms with van der Waals surface area (Å²) in [4.78, 5) is 40.4. The molecular weight excluding hydrogens is 310 g/mol. The minimum absolute atomic E-state index is 0.0485. The summed E-state index contributed by atoms with van der Waals surface area (Å²) in [5.41, 5.74) is 4.47. The van der Waals surface area contributed by atoms with Crippen molar-refractivity contribution in [3.05, 3.63) is 26.4 Å². The Labute approximate surface area is 141 Å². The number of nitrogens with two attached hydrogens (primary N) is 1. The molecule has 0 spiro atoms. The molecule has 0 atom stereocenters. The number of anilines is 1. The average molecular weight is 337 g/mol. The van der Waals surface area contributed by atoms with Crippen LogP contribution in [0.1, 0.15) is 44.0 Å². The lowest BCUT2D eigenvalue weighted by Gasteiger charge is -2.33. The Morgan fingerprint density at radius 3 is 2.50 bits per heavy atom. The van der Waals surface area contributed by atoms with E-state index in [-0.39, 0.29) is 23.7 Å². The van der Waals surface area contributed by atoms with Gasteiger partial charge in [0, 0.05) is 31.7 Å². The second-order valence-electron chi connectivity index (χ2n) is 6.56. The maximum atomic E-state index is 12.5. The average Bonchev–Trinajstić information content (AvgIpc) is 2.48. The summed E-state index contributed by atoms with van der Waals surface area (Å²) >= 11 is 0. The summed E-state index contributed by atoms with van der Waals surface area (Å²) in [6.45, 7) is 8.00. The predicted molar refractivity (Wildman–Crippen MR) is 93.5 cm³/mol. The van der Waals surface area contributed by atoms with Crippen molar-refractivity contribution < 1.29 is 4.79 Å². The van der Waals surface area contributed by atoms with Gasteiger partial charge in [-0.3, -0.25) is 24.0 Å². The van der Waals surface area contributed by atoms with Crippen LogP contribution in [0.4, 0.5) is 5.82 Å². The standard InChI is InChI=1S/C16H27N5O3/c1-4-21-14(17)13(15(23)19-16(21)24)12(22)9-20-7-5-11(6-8-20)18-10(2)3/h10-11,18H,4-9,17H2,1-3H3,(H,19,23,24). The number of carbonyl (C=O) groups excluding carboxylic acids is 1. The number of aromatic nitrogens is 2. The van der Waals surface area contributed by atoms with E-state index < -0.39 is 11.2 Å². The Kier molecular flexibility index (Phi) is 5.95. The summed E-state index contributed by atoms with van der Waals surface area (Å²) in [6, 6.07) is 0.906. The molecule has 2 heterocycles. The molecule has 2 rings (SSSR count). The number of piperidine rings is 1. The minimum atomic E-state index is -0.705. The highest BCUT2D eigenvalue weighted by Gasteiger charge is 2.24. The molecule has 1 aliphatic heterocycles. The van der Waals surface area contributed by atoms with Crippen molar-refractivity contribution in [1.29, 1.82) is 0 Å². The number of nitrogens with one attached hydrogen (secondary N) is 2. The number of aromatic amines is 1. The summed E-state index contributed by atoms with van der Waals surface area (Å²) in [6.07, 6.45) is 1.93. The molecule has 0 unspecified atom stereocenters. The van der Waals surface area contributed by atoms with E-state index in [1.807, 2.05) is 4.90 Å². The highest BCUT2D eigenvalue weighted by Crippen LogP contribution is 2.13. The number of nitrogen functional groups attached to an aromatic ring is 1. The number of likely N-dealkylation sites (tertiary alicyclic amines) is 1. The topological polar surface area (TPSA) is 113 Å². The summed E-state index contributed by atoms with van der Waals surface area (Å²) in [5.74, 6) is -0.390. The van der Waals surface area contributed by atoms with E-state index in [2.05, 4.69) is 24.1 Å². The molecule has 0 aromatic carbocycles. The number of rotatable bonds is 6. The largest absolute Gasteiger partial charge is 0.384 e. The Hall–Kier alpha value is -1.93. The lowest BCUT2D eigenvalue weighted by molar-refractivity contribution is 0.0901. The summed E-state index contributed by atoms with van der Waals surface area (Å²) in [7, 11) is 0. The van der Waals surface area contributed by atoms with Crippen LogP contribution in [-0.2, 0) is 6.54 Å². The van der Waals surface area contributed by atoms with Crippen LogP contribution < -0.4 is 22.3 Å². The zero-order valence-electron chi connectivity index (χ0n) is 14.6. The van der Waals surface area contributed by atoms with Gasteiger partial charge in [0.15, 0.2) is 5.78 Å². The van der Waals surface area contributed by atoms with Gasteiger partial charge in [-0.05, 0) is 19.8 Å². The number of hydrogen-bond donors (Lipinski definition) is 3. The number of Topliss-reactive ketones (excluding diaryl/α,β-unsaturated/α-hetero) is 1. The van der Waals surface area contributed by atoms with E-state index in [0.717, 1.165) is 25.9 Å². The molecule has 1 aliphatic rings. The third kappa shape index (κ3) is 4.12. The molecule has 134 valence electrons. The Bertz CT molecular complexity index is 699. The monoisotopic (exact) mass is 337 g/mol. The van der Waals surface area contributed by atoms with Crippen LogP contribution >= 0.6 is 0 Å². The molecule has 0 aliphatic carbocycles. The molecule has 1 fully saturated rings. The van der Waals surface area contributed by atoms with Crippen LogP contribution in [0.5, 0.6) is 0 Å². The van der Waals surface area contributed by atoms with Crippen LogP contribution in [0.15, 0.2) is 9.59 Å². The molecule has 1 saturated heterocycles. The second-order valence-corrected chi connectivity index (χ2v) is 6.56. The molecule has 0 amide bonds. The number of carbonyl (C=O) groups is 1. The highest BCUT2D eigenvalue weighted by molar-refractivity contribution is 6.01. The van der Waals surface area contributed by atoms with Crippen molar-refractivity contribution in [3.63, 3.8) is 0 Å². The first kappa shape index (κ1) is 18.4. The molecule has 1 aromatic rings. The van der Waals surface area contributed by atoms with E-state index in [4.69, 9.17) is 5.73 Å². The lowest BCUT2D eigenvalue weighted by atomic mass is 10.0. The fourth-order valence-corrected chi connectivity index (χ4v) is 3.18. The van der Waals surface area contributed by atoms with Gasteiger partial charge in [-0.2, -0.15) is 0 Å². The fourth-order valence-electron chi connectivity index (χ4n) is 3.18. The summed E-state index contributed by atoms with van der Waals surface area (Å²) < 4.78 is 1.20. The van der Waals surface area contributed by atoms with Crippen molar-refractivity contribution in [3.8, 4) is 0 Å². The third-order valence-corrected chi connectivity index (χ3v) is 4.36. The van der Waals surface area contributed by atoms with Crippen LogP contribution in [0, 0.1) is 0 Å². The predicted octanol–water partition coefficient (Wildman–Crippen LogP) is -0.216. The van der Waals surface area contributed by atoms with Crippen molar-refractivity contribution >= 4 is 11.6 Å². The first-order valence-corrected chi connectivity index (χ1v) is 8.47. The van der Waals surface area contributed by atoms with E-state index in [0.29, 0.717) is 18.6 Å². The summed E-state index contributed by atoms with van der Waals surface area (Å²) in [5, 5.41) is 3.50. The van der Waals surface area contributed by atoms with Gasteiger partial charge in [0.05, 0.1) is 6.54 Å². The van der Waals surface area contributed by atoms with E-state index in [1.165, 1.54) is 4.57 Å². The fraction of sp³-hybridized carbons (Fsp3) is 0.688. The van der Waals surface area contributed by atoms with Crippen molar-refractivity contribution in [2.24, 2.45) is 0 Å². The van der Waals surface area contributed by atoms with E-state index in [9.17, 15) is 14.4 Å². The van der Waals surface area contributed by atoms with Gasteiger partial charge in [-0.25, -0.2) is 4.79 Å². The normalized spacial score (nSPS) is 16.7. The molecule has 8 nitrogen and oxygen atoms in total. The minimum Gasteiger partial charge on any atom is -0.384 e. The van der Waals surface area contributed by atoms with Crippen molar-refractivity contribution in [1.82, 2.24) is 19.8 Å². The van der Waals surface area contributed by atoms with Gasteiger partial charge in [-0.1, -0.05) is 13.8 Å². The molecule has 1 aromatic heterocycles. The van der Waals surface area contributed by atoms with Crippen molar-refractivity contribution in [2.45, 2.75) is 52.2 Å². The van der Waals surface area contributed by atoms with Gasteiger partial charge in [0.2, 0.25) is 0 Å². The zero-order valence-corrected chi connectivity index (χ0v) is 14.6. The van der Waals surface area contributed by atoms with Crippen LogP contribution in [0.2, 0.25) is 0 Å². The Balaban J connectivity index is 2.07. The van der Waals surface area contributed by atoms with Crippen molar-refractivity contribution in [2.75, 3.05) is 25.4 Å². The third-order valence-electron chi connectivity index (χ3n) is 4.36. The van der Waals surface area contributed by atoms with Gasteiger partial charge < -0.3 is 11.1 Å². The molecule has 24 heavy (non-hydrogen) atoms. The van der Waals surface area contributed by atoms with Crippen LogP contribution in [0.25, 0.3) is 0 Å². The van der Waals surface area contributed by atoms with E-state index in [1.54, 1.807) is 6.92 Å². The second kappa shape index (κ2) is 7.76. The van der Waals surface area contributed by atoms with Gasteiger partial charge in [0.1, 0.15) is 11.4 Å². The molecule has 0 radical (unpaired) electrons. The quantitative estimate of drug-likeness (QED) is 0.619. The smallest absolute Gasteiger partial charge is 0.329 e. The van der Waals surface area contributed by atoms with Gasteiger partial charge in [0.25, 0.3) is 5.56 Å². The molecule has 4 N–H and O–H groups in total. The number of hydrogen-bond acceptors (Lipinski definition) is 6. The molecular formula is C16H27N5O3. The van der Waals surface area contributed by atoms with Gasteiger partial charge in [-0.15, -0.1) is 0 Å². The number of nitrogens with zero attached hydrogens (tertiary/aromatic N) is 2. The molecule has 0 bridgehead atoms. The lowest BCUT2D eigenvalue weighted by Crippen LogP contribution is -2.46. The molecule has 0 saturated carbocycles. The van der Waals surface area contributed by atoms with Crippen LogP contribution in [-0.4, -0.2) is 52.0 Å². The maximum absolute atomic E-state index is 12.5. The number of H-pyrrole nitrogens is 1. The maximum Gasteiger partial charge on any atom is 0.329 e. The van der Waals surface area contributed by atoms with Crippen LogP contribution in [0.3, 0.4) is 0 Å². The zero-order chi connectivity index (χ0) is 17.9. The SMILES string of the molecule is CCn1c(N)c(C(=O)CN2CCC(NC(C)C)CC2)c(=O)[nH]c1=O.